The first-order chi connectivity index (χ1) is 12.2. The summed E-state index contributed by atoms with van der Waals surface area (Å²) >= 11 is 0. The summed E-state index contributed by atoms with van der Waals surface area (Å²) in [6, 6.07) is -0.215. The third-order valence-corrected chi connectivity index (χ3v) is 6.23. The zero-order chi connectivity index (χ0) is 21.4. The summed E-state index contributed by atoms with van der Waals surface area (Å²) in [5.74, 6) is 0.360. The van der Waals surface area contributed by atoms with Crippen molar-refractivity contribution in [3.8, 4) is 0 Å². The summed E-state index contributed by atoms with van der Waals surface area (Å²) in [5.41, 5.74) is -0.621. The fourth-order valence-electron chi connectivity index (χ4n) is 2.56. The number of rotatable bonds is 9. The van der Waals surface area contributed by atoms with E-state index in [1.807, 2.05) is 20.8 Å². The second-order valence-corrected chi connectivity index (χ2v) is 14.9. The number of methoxy groups -OCH3 is 1. The van der Waals surface area contributed by atoms with Crippen LogP contribution in [0.1, 0.15) is 41.0 Å². The highest BCUT2D eigenvalue weighted by atomic mass is 28.3. The lowest BCUT2D eigenvalue weighted by Crippen LogP contribution is -2.48. The van der Waals surface area contributed by atoms with E-state index in [1.165, 1.54) is 4.90 Å². The van der Waals surface area contributed by atoms with E-state index in [1.54, 1.807) is 14.2 Å². The van der Waals surface area contributed by atoms with E-state index in [0.29, 0.717) is 12.5 Å². The lowest BCUT2D eigenvalue weighted by atomic mass is 10.0. The molecule has 0 bridgehead atoms. The topological polar surface area (TPSA) is 77.1 Å². The average molecular weight is 405 g/mol. The van der Waals surface area contributed by atoms with Crippen LogP contribution in [0.3, 0.4) is 0 Å². The van der Waals surface area contributed by atoms with Gasteiger partial charge in [-0.2, -0.15) is 0 Å². The molecule has 2 atom stereocenters. The van der Waals surface area contributed by atoms with Gasteiger partial charge < -0.3 is 24.4 Å². The fraction of sp³-hybridized carbons (Fsp3) is 0.895. The summed E-state index contributed by atoms with van der Waals surface area (Å²) in [5, 5.41) is 2.86. The van der Waals surface area contributed by atoms with Crippen LogP contribution in [-0.4, -0.2) is 69.8 Å². The van der Waals surface area contributed by atoms with Crippen LogP contribution < -0.4 is 5.32 Å². The van der Waals surface area contributed by atoms with Crippen molar-refractivity contribution in [3.63, 3.8) is 0 Å². The molecule has 7 nitrogen and oxygen atoms in total. The summed E-state index contributed by atoms with van der Waals surface area (Å²) in [4.78, 5) is 25.9. The molecular formula is C19H40N2O5Si. The molecule has 8 heteroatoms. The molecule has 0 spiro atoms. The first-order valence-corrected chi connectivity index (χ1v) is 13.1. The van der Waals surface area contributed by atoms with Crippen molar-refractivity contribution in [2.75, 3.05) is 27.3 Å². The van der Waals surface area contributed by atoms with Crippen molar-refractivity contribution in [2.24, 2.45) is 5.92 Å². The molecule has 27 heavy (non-hydrogen) atoms. The predicted octanol–water partition coefficient (Wildman–Crippen LogP) is 3.89. The second-order valence-electron chi connectivity index (χ2n) is 9.52. The predicted molar refractivity (Wildman–Crippen MR) is 111 cm³/mol. The average Bonchev–Trinajstić information content (AvgIpc) is 2.42. The second kappa shape index (κ2) is 10.9. The molecular weight excluding hydrogens is 364 g/mol. The third-order valence-electron chi connectivity index (χ3n) is 3.89. The quantitative estimate of drug-likeness (QED) is 0.590. The number of hydrogen-bond donors (Lipinski definition) is 1. The number of carbonyl (C=O) groups excluding carboxylic acids is 2. The number of nitrogens with one attached hydrogen (secondary N) is 1. The molecule has 0 fully saturated rings. The van der Waals surface area contributed by atoms with Crippen LogP contribution in [0, 0.1) is 5.92 Å². The first-order valence-electron chi connectivity index (χ1n) is 9.56. The SMILES string of the molecule is CO[C@H](COC(=O)N(C)C[C@H](CC(C)C)NC(=O)OC(C)(C)C)[Si](C)(C)C. The maximum Gasteiger partial charge on any atom is 0.409 e. The Balaban J connectivity index is 4.76. The van der Waals surface area contributed by atoms with Gasteiger partial charge in [-0.05, 0) is 33.1 Å². The summed E-state index contributed by atoms with van der Waals surface area (Å²) in [6.45, 7) is 16.7. The standard InChI is InChI=1S/C19H40N2O5Si/c1-14(2)11-15(20-17(22)26-19(3,4)5)12-21(6)18(23)25-13-16(24-7)27(8,9)10/h14-16H,11-13H2,1-10H3,(H,20,22)/t15-,16-/m0/s1. The van der Waals surface area contributed by atoms with Gasteiger partial charge in [-0.3, -0.25) is 0 Å². The summed E-state index contributed by atoms with van der Waals surface area (Å²) < 4.78 is 16.2. The molecule has 0 aromatic rings. The van der Waals surface area contributed by atoms with E-state index < -0.39 is 25.9 Å². The van der Waals surface area contributed by atoms with Crippen molar-refractivity contribution in [1.82, 2.24) is 10.2 Å². The zero-order valence-corrected chi connectivity index (χ0v) is 19.8. The van der Waals surface area contributed by atoms with Gasteiger partial charge >= 0.3 is 12.2 Å². The molecule has 160 valence electrons. The molecule has 0 heterocycles. The van der Waals surface area contributed by atoms with Crippen LogP contribution in [0.2, 0.25) is 19.6 Å². The van der Waals surface area contributed by atoms with E-state index in [4.69, 9.17) is 14.2 Å². The highest BCUT2D eigenvalue weighted by Crippen LogP contribution is 2.13. The van der Waals surface area contributed by atoms with Gasteiger partial charge in [0.25, 0.3) is 0 Å². The first kappa shape index (κ1) is 25.7. The Kier molecular flexibility index (Phi) is 10.4. The highest BCUT2D eigenvalue weighted by Gasteiger charge is 2.29. The van der Waals surface area contributed by atoms with Gasteiger partial charge in [-0.15, -0.1) is 0 Å². The van der Waals surface area contributed by atoms with Crippen molar-refractivity contribution in [1.29, 1.82) is 0 Å². The molecule has 0 saturated heterocycles. The minimum atomic E-state index is -1.58. The minimum absolute atomic E-state index is 0.0544. The minimum Gasteiger partial charge on any atom is -0.447 e. The van der Waals surface area contributed by atoms with E-state index in [0.717, 1.165) is 6.42 Å². The Morgan fingerprint density at radius 1 is 1.15 bits per heavy atom. The Morgan fingerprint density at radius 2 is 1.70 bits per heavy atom. The van der Waals surface area contributed by atoms with Crippen LogP contribution in [0.25, 0.3) is 0 Å². The Bertz CT molecular complexity index is 472. The van der Waals surface area contributed by atoms with Crippen molar-refractivity contribution < 1.29 is 23.8 Å². The molecule has 0 radical (unpaired) electrons. The smallest absolute Gasteiger partial charge is 0.409 e. The largest absolute Gasteiger partial charge is 0.447 e. The van der Waals surface area contributed by atoms with Crippen LogP contribution >= 0.6 is 0 Å². The normalized spacial score (nSPS) is 14.5. The maximum atomic E-state index is 12.3. The molecule has 1 N–H and O–H groups in total. The van der Waals surface area contributed by atoms with Gasteiger partial charge in [0.1, 0.15) is 12.2 Å². The van der Waals surface area contributed by atoms with Gasteiger partial charge in [0.05, 0.1) is 19.8 Å². The molecule has 0 rings (SSSR count). The molecule has 0 aromatic heterocycles. The van der Waals surface area contributed by atoms with Crippen LogP contribution in [0.4, 0.5) is 9.59 Å². The van der Waals surface area contributed by atoms with Gasteiger partial charge in [0, 0.05) is 20.7 Å². The number of hydrogen-bond acceptors (Lipinski definition) is 5. The number of likely N-dealkylation sites (N-methyl/N-ethyl adjacent to an activating group) is 1. The molecule has 0 aliphatic heterocycles. The molecule has 0 aromatic carbocycles. The number of nitrogens with zero attached hydrogens (tertiary/aromatic N) is 1. The lowest BCUT2D eigenvalue weighted by Gasteiger charge is -2.30. The molecule has 0 aliphatic carbocycles. The highest BCUT2D eigenvalue weighted by molar-refractivity contribution is 6.77. The van der Waals surface area contributed by atoms with Crippen LogP contribution in [-0.2, 0) is 14.2 Å². The van der Waals surface area contributed by atoms with Crippen LogP contribution in [0.5, 0.6) is 0 Å². The van der Waals surface area contributed by atoms with Crippen molar-refractivity contribution in [2.45, 2.75) is 78.1 Å². The number of ether oxygens (including phenoxy) is 3. The maximum absolute atomic E-state index is 12.3. The monoisotopic (exact) mass is 404 g/mol. The molecule has 0 saturated carbocycles. The summed E-state index contributed by atoms with van der Waals surface area (Å²) in [7, 11) is 1.73. The van der Waals surface area contributed by atoms with E-state index in [2.05, 4.69) is 38.8 Å². The fourth-order valence-corrected chi connectivity index (χ4v) is 3.85. The lowest BCUT2D eigenvalue weighted by molar-refractivity contribution is 0.0447. The van der Waals surface area contributed by atoms with Gasteiger partial charge in [-0.1, -0.05) is 33.5 Å². The van der Waals surface area contributed by atoms with Gasteiger partial charge in [0.2, 0.25) is 0 Å². The number of carbonyl (C=O) groups is 2. The van der Waals surface area contributed by atoms with Crippen molar-refractivity contribution in [3.05, 3.63) is 0 Å². The van der Waals surface area contributed by atoms with E-state index in [-0.39, 0.29) is 18.4 Å². The Morgan fingerprint density at radius 3 is 2.11 bits per heavy atom. The molecule has 0 aliphatic rings. The van der Waals surface area contributed by atoms with E-state index in [9.17, 15) is 9.59 Å². The van der Waals surface area contributed by atoms with E-state index >= 15 is 0 Å². The third kappa shape index (κ3) is 11.9. The van der Waals surface area contributed by atoms with Gasteiger partial charge in [0.15, 0.2) is 0 Å². The Hall–Kier alpha value is -1.28. The van der Waals surface area contributed by atoms with Gasteiger partial charge in [-0.25, -0.2) is 9.59 Å². The summed E-state index contributed by atoms with van der Waals surface area (Å²) in [6.07, 6.45) is -0.171. The number of amides is 2. The van der Waals surface area contributed by atoms with Crippen LogP contribution in [0.15, 0.2) is 0 Å². The number of alkyl carbamates (subject to hydrolysis) is 1. The van der Waals surface area contributed by atoms with Crippen molar-refractivity contribution >= 4 is 20.3 Å². The molecule has 2 amide bonds. The zero-order valence-electron chi connectivity index (χ0n) is 18.8. The molecule has 0 unspecified atom stereocenters. The Labute approximate surface area is 166 Å².